The second-order valence-electron chi connectivity index (χ2n) is 3.21. The molecule has 0 spiro atoms. The van der Waals surface area contributed by atoms with Crippen molar-refractivity contribution >= 4 is 11.9 Å². The number of anilines is 2. The number of nitrogens with zero attached hydrogens (tertiary/aromatic N) is 3. The average molecular weight is 212 g/mol. The third-order valence-electron chi connectivity index (χ3n) is 1.47. The van der Waals surface area contributed by atoms with Crippen molar-refractivity contribution in [3.63, 3.8) is 0 Å². The third-order valence-corrected chi connectivity index (χ3v) is 1.47. The molecule has 1 aromatic rings. The molecule has 1 heterocycles. The standard InChI is InChI=1S/C8H16N6O/c1-4-10-6-12-7(11-5(2)3)14-8(13-6)15-9/h5H,4,9H2,1-3H3,(H2,10,11,12,13,14). The van der Waals surface area contributed by atoms with Gasteiger partial charge < -0.3 is 15.5 Å². The van der Waals surface area contributed by atoms with Crippen LogP contribution in [0.2, 0.25) is 0 Å². The smallest absolute Gasteiger partial charge is 0.342 e. The molecule has 0 bridgehead atoms. The number of hydrogen-bond donors (Lipinski definition) is 3. The van der Waals surface area contributed by atoms with Gasteiger partial charge in [-0.1, -0.05) is 0 Å². The van der Waals surface area contributed by atoms with E-state index in [4.69, 9.17) is 5.90 Å². The Morgan fingerprint density at radius 3 is 2.47 bits per heavy atom. The summed E-state index contributed by atoms with van der Waals surface area (Å²) < 4.78 is 0. The molecule has 84 valence electrons. The highest BCUT2D eigenvalue weighted by molar-refractivity contribution is 5.36. The first kappa shape index (κ1) is 11.4. The Bertz CT molecular complexity index is 316. The minimum absolute atomic E-state index is 0.0871. The van der Waals surface area contributed by atoms with Gasteiger partial charge in [0, 0.05) is 12.6 Å². The molecule has 0 fully saturated rings. The monoisotopic (exact) mass is 212 g/mol. The highest BCUT2D eigenvalue weighted by atomic mass is 16.6. The maximum atomic E-state index is 5.01. The Kier molecular flexibility index (Phi) is 4.04. The topological polar surface area (TPSA) is 98.0 Å². The number of nitrogens with two attached hydrogens (primary N) is 1. The number of aromatic nitrogens is 3. The molecule has 0 amide bonds. The Morgan fingerprint density at radius 1 is 1.27 bits per heavy atom. The molecule has 15 heavy (non-hydrogen) atoms. The van der Waals surface area contributed by atoms with E-state index in [0.717, 1.165) is 6.54 Å². The molecule has 0 saturated heterocycles. The summed E-state index contributed by atoms with van der Waals surface area (Å²) in [5.41, 5.74) is 0. The maximum absolute atomic E-state index is 5.01. The molecule has 1 aromatic heterocycles. The lowest BCUT2D eigenvalue weighted by atomic mass is 10.4. The molecule has 0 aliphatic rings. The highest BCUT2D eigenvalue weighted by Crippen LogP contribution is 2.10. The predicted molar refractivity (Wildman–Crippen MR) is 57.6 cm³/mol. The third kappa shape index (κ3) is 3.55. The van der Waals surface area contributed by atoms with Crippen LogP contribution in [0.1, 0.15) is 20.8 Å². The molecule has 0 aliphatic heterocycles. The van der Waals surface area contributed by atoms with Gasteiger partial charge in [0.15, 0.2) is 0 Å². The van der Waals surface area contributed by atoms with Gasteiger partial charge in [0.05, 0.1) is 0 Å². The van der Waals surface area contributed by atoms with E-state index in [-0.39, 0.29) is 12.1 Å². The van der Waals surface area contributed by atoms with Gasteiger partial charge in [-0.2, -0.15) is 20.8 Å². The molecule has 0 saturated carbocycles. The zero-order chi connectivity index (χ0) is 11.3. The molecule has 0 atom stereocenters. The Balaban J connectivity index is 2.89. The van der Waals surface area contributed by atoms with E-state index in [1.54, 1.807) is 0 Å². The lowest BCUT2D eigenvalue weighted by molar-refractivity contribution is 0.306. The van der Waals surface area contributed by atoms with Gasteiger partial charge in [-0.3, -0.25) is 0 Å². The van der Waals surface area contributed by atoms with Gasteiger partial charge in [-0.05, 0) is 20.8 Å². The van der Waals surface area contributed by atoms with Crippen LogP contribution >= 0.6 is 0 Å². The predicted octanol–water partition coefficient (Wildman–Crippen LogP) is 0.376. The fourth-order valence-corrected chi connectivity index (χ4v) is 0.969. The van der Waals surface area contributed by atoms with Gasteiger partial charge in [0.25, 0.3) is 0 Å². The van der Waals surface area contributed by atoms with Crippen LogP contribution in [0.3, 0.4) is 0 Å². The summed E-state index contributed by atoms with van der Waals surface area (Å²) in [7, 11) is 0. The largest absolute Gasteiger partial charge is 0.371 e. The van der Waals surface area contributed by atoms with Crippen molar-refractivity contribution in [1.29, 1.82) is 0 Å². The fourth-order valence-electron chi connectivity index (χ4n) is 0.969. The minimum atomic E-state index is 0.0871. The highest BCUT2D eigenvalue weighted by Gasteiger charge is 2.06. The molecular formula is C8H16N6O. The Hall–Kier alpha value is -1.63. The molecule has 1 rings (SSSR count). The van der Waals surface area contributed by atoms with E-state index < -0.39 is 0 Å². The summed E-state index contributed by atoms with van der Waals surface area (Å²) in [4.78, 5) is 16.5. The summed E-state index contributed by atoms with van der Waals surface area (Å²) in [6, 6.07) is 0.316. The summed E-state index contributed by atoms with van der Waals surface area (Å²) in [5, 5.41) is 6.00. The van der Waals surface area contributed by atoms with Crippen molar-refractivity contribution in [1.82, 2.24) is 15.0 Å². The maximum Gasteiger partial charge on any atom is 0.342 e. The normalized spacial score (nSPS) is 10.2. The summed E-state index contributed by atoms with van der Waals surface area (Å²) >= 11 is 0. The fraction of sp³-hybridized carbons (Fsp3) is 0.625. The zero-order valence-electron chi connectivity index (χ0n) is 9.11. The van der Waals surface area contributed by atoms with Crippen molar-refractivity contribution in [2.45, 2.75) is 26.8 Å². The molecule has 0 unspecified atom stereocenters. The van der Waals surface area contributed by atoms with Crippen LogP contribution in [0.25, 0.3) is 0 Å². The second kappa shape index (κ2) is 5.30. The Morgan fingerprint density at radius 2 is 1.93 bits per heavy atom. The van der Waals surface area contributed by atoms with E-state index in [1.165, 1.54) is 0 Å². The van der Waals surface area contributed by atoms with E-state index in [9.17, 15) is 0 Å². The number of rotatable bonds is 5. The summed E-state index contributed by atoms with van der Waals surface area (Å²) in [6.45, 7) is 6.64. The van der Waals surface area contributed by atoms with Crippen LogP contribution in [0.4, 0.5) is 11.9 Å². The second-order valence-corrected chi connectivity index (χ2v) is 3.21. The lowest BCUT2D eigenvalue weighted by Crippen LogP contribution is -2.16. The van der Waals surface area contributed by atoms with Crippen LogP contribution in [0, 0.1) is 0 Å². The summed E-state index contributed by atoms with van der Waals surface area (Å²) in [6.07, 6.45) is 0. The first-order chi connectivity index (χ1) is 7.15. The first-order valence-electron chi connectivity index (χ1n) is 4.79. The zero-order valence-corrected chi connectivity index (χ0v) is 9.11. The van der Waals surface area contributed by atoms with Crippen molar-refractivity contribution < 1.29 is 4.84 Å². The SMILES string of the molecule is CCNc1nc(NC(C)C)nc(ON)n1. The van der Waals surface area contributed by atoms with E-state index in [0.29, 0.717) is 11.9 Å². The average Bonchev–Trinajstić information content (AvgIpc) is 2.16. The summed E-state index contributed by atoms with van der Waals surface area (Å²) in [5.74, 6) is 5.89. The van der Waals surface area contributed by atoms with Gasteiger partial charge in [-0.25, -0.2) is 0 Å². The number of nitrogens with one attached hydrogen (secondary N) is 2. The van der Waals surface area contributed by atoms with Crippen LogP contribution in [-0.4, -0.2) is 27.5 Å². The molecule has 4 N–H and O–H groups in total. The van der Waals surface area contributed by atoms with Crippen molar-refractivity contribution in [2.24, 2.45) is 5.90 Å². The van der Waals surface area contributed by atoms with E-state index >= 15 is 0 Å². The van der Waals surface area contributed by atoms with Crippen LogP contribution < -0.4 is 21.4 Å². The minimum Gasteiger partial charge on any atom is -0.371 e. The van der Waals surface area contributed by atoms with Gasteiger partial charge in [0.2, 0.25) is 11.9 Å². The molecule has 7 nitrogen and oxygen atoms in total. The molecule has 0 aromatic carbocycles. The molecular weight excluding hydrogens is 196 g/mol. The lowest BCUT2D eigenvalue weighted by Gasteiger charge is -2.10. The van der Waals surface area contributed by atoms with Crippen LogP contribution in [0.5, 0.6) is 6.01 Å². The molecule has 7 heteroatoms. The Labute approximate surface area is 88.4 Å². The van der Waals surface area contributed by atoms with E-state index in [2.05, 4.69) is 30.4 Å². The van der Waals surface area contributed by atoms with Gasteiger partial charge in [-0.15, -0.1) is 0 Å². The van der Waals surface area contributed by atoms with Crippen LogP contribution in [-0.2, 0) is 0 Å². The van der Waals surface area contributed by atoms with Gasteiger partial charge >= 0.3 is 6.01 Å². The van der Waals surface area contributed by atoms with Crippen molar-refractivity contribution in [3.8, 4) is 6.01 Å². The van der Waals surface area contributed by atoms with Crippen molar-refractivity contribution in [3.05, 3.63) is 0 Å². The first-order valence-corrected chi connectivity index (χ1v) is 4.79. The molecule has 0 radical (unpaired) electrons. The molecule has 0 aliphatic carbocycles. The quantitative estimate of drug-likeness (QED) is 0.607. The van der Waals surface area contributed by atoms with Crippen LogP contribution in [0.15, 0.2) is 0 Å². The van der Waals surface area contributed by atoms with Crippen molar-refractivity contribution in [2.75, 3.05) is 17.2 Å². The van der Waals surface area contributed by atoms with E-state index in [1.807, 2.05) is 20.8 Å². The number of hydrogen-bond acceptors (Lipinski definition) is 7. The van der Waals surface area contributed by atoms with Gasteiger partial charge in [0.1, 0.15) is 0 Å².